The number of fused-ring (bicyclic) bond motifs is 1. The number of nitro groups is 1. The summed E-state index contributed by atoms with van der Waals surface area (Å²) in [5, 5.41) is 23.1. The van der Waals surface area contributed by atoms with Crippen LogP contribution in [0.15, 0.2) is 52.3 Å². The van der Waals surface area contributed by atoms with Gasteiger partial charge in [-0.3, -0.25) is 24.0 Å². The van der Waals surface area contributed by atoms with Crippen LogP contribution in [0.2, 0.25) is 0 Å². The highest BCUT2D eigenvalue weighted by molar-refractivity contribution is 7.86. The maximum Gasteiger partial charge on any atom is 0.338 e. The lowest BCUT2D eigenvalue weighted by atomic mass is 10.1. The summed E-state index contributed by atoms with van der Waals surface area (Å²) >= 11 is 0. The van der Waals surface area contributed by atoms with E-state index < -0.39 is 69.5 Å². The van der Waals surface area contributed by atoms with Gasteiger partial charge in [0.25, 0.3) is 31.8 Å². The van der Waals surface area contributed by atoms with Crippen LogP contribution in [-0.4, -0.2) is 55.0 Å². The van der Waals surface area contributed by atoms with E-state index in [1.165, 1.54) is 0 Å². The molecule has 0 saturated heterocycles. The van der Waals surface area contributed by atoms with Crippen molar-refractivity contribution in [1.82, 2.24) is 0 Å². The largest absolute Gasteiger partial charge is 0.507 e. The maximum atomic E-state index is 12.9. The van der Waals surface area contributed by atoms with Crippen LogP contribution >= 0.6 is 0 Å². The van der Waals surface area contributed by atoms with E-state index in [4.69, 9.17) is 0 Å². The van der Waals surface area contributed by atoms with Crippen molar-refractivity contribution in [2.24, 2.45) is 0 Å². The summed E-state index contributed by atoms with van der Waals surface area (Å²) in [6.45, 7) is 0. The lowest BCUT2D eigenvalue weighted by molar-refractivity contribution is -0.384. The number of hydrogen-bond acceptors (Lipinski definition) is 10. The van der Waals surface area contributed by atoms with Gasteiger partial charge in [0.2, 0.25) is 0 Å². The molecule has 1 amide bonds. The Kier molecular flexibility index (Phi) is 6.49. The number of phenols is 1. The average molecular weight is 526 g/mol. The maximum absolute atomic E-state index is 12.9. The number of phenolic OH excluding ortho intramolecular Hbond substituents is 1. The predicted octanol–water partition coefficient (Wildman–Crippen LogP) is 1.99. The van der Waals surface area contributed by atoms with Gasteiger partial charge in [0.1, 0.15) is 5.75 Å². The quantitative estimate of drug-likeness (QED) is 0.156. The van der Waals surface area contributed by atoms with Crippen LogP contribution in [0.4, 0.5) is 11.4 Å². The molecule has 16 heteroatoms. The molecule has 0 fully saturated rings. The van der Waals surface area contributed by atoms with Gasteiger partial charge < -0.3 is 15.2 Å². The SMILES string of the molecule is COC(=O)c1cc(C(=O)Nc2cc(S(=O)(=O)O)cc3cc(S(=O)(=O)O)cc(O)c23)cc([N+](=O)[O-])c1. The van der Waals surface area contributed by atoms with Gasteiger partial charge in [-0.05, 0) is 29.7 Å². The highest BCUT2D eigenvalue weighted by atomic mass is 32.2. The molecule has 0 radical (unpaired) electrons. The number of methoxy groups -OCH3 is 1. The number of anilines is 1. The van der Waals surface area contributed by atoms with E-state index in [9.17, 15) is 50.8 Å². The third-order valence-corrected chi connectivity index (χ3v) is 6.29. The molecule has 0 aromatic heterocycles. The van der Waals surface area contributed by atoms with Crippen LogP contribution in [0.1, 0.15) is 20.7 Å². The van der Waals surface area contributed by atoms with Gasteiger partial charge >= 0.3 is 5.97 Å². The smallest absolute Gasteiger partial charge is 0.338 e. The molecular formula is C19H14N2O12S2. The molecule has 0 spiro atoms. The molecule has 0 heterocycles. The first-order chi connectivity index (χ1) is 16.1. The number of nitrogens with zero attached hydrogens (tertiary/aromatic N) is 1. The van der Waals surface area contributed by atoms with Gasteiger partial charge in [0, 0.05) is 29.1 Å². The molecule has 0 saturated carbocycles. The number of rotatable bonds is 6. The highest BCUT2D eigenvalue weighted by Crippen LogP contribution is 2.37. The van der Waals surface area contributed by atoms with Gasteiger partial charge in [0.15, 0.2) is 0 Å². The molecule has 0 aliphatic heterocycles. The van der Waals surface area contributed by atoms with Crippen molar-refractivity contribution in [2.75, 3.05) is 12.4 Å². The van der Waals surface area contributed by atoms with Crippen LogP contribution in [0.5, 0.6) is 5.75 Å². The fourth-order valence-electron chi connectivity index (χ4n) is 3.11. The van der Waals surface area contributed by atoms with Crippen molar-refractivity contribution in [3.05, 3.63) is 63.7 Å². The lowest BCUT2D eigenvalue weighted by Gasteiger charge is -2.13. The van der Waals surface area contributed by atoms with Gasteiger partial charge in [0.05, 0.1) is 33.1 Å². The number of carbonyl (C=O) groups is 2. The summed E-state index contributed by atoms with van der Waals surface area (Å²) in [5.41, 5.74) is -1.87. The number of non-ortho nitro benzene ring substituents is 1. The molecule has 3 rings (SSSR count). The van der Waals surface area contributed by atoms with Gasteiger partial charge in [-0.1, -0.05) is 0 Å². The number of aromatic hydroxyl groups is 1. The first-order valence-electron chi connectivity index (χ1n) is 9.06. The molecular weight excluding hydrogens is 512 g/mol. The molecule has 0 aliphatic carbocycles. The summed E-state index contributed by atoms with van der Waals surface area (Å²) in [7, 11) is -8.74. The summed E-state index contributed by atoms with van der Waals surface area (Å²) in [5.74, 6) is -2.90. The summed E-state index contributed by atoms with van der Waals surface area (Å²) in [6.07, 6.45) is 0. The monoisotopic (exact) mass is 526 g/mol. The Hall–Kier alpha value is -4.12. The molecule has 184 valence electrons. The normalized spacial score (nSPS) is 11.7. The Morgan fingerprint density at radius 2 is 1.46 bits per heavy atom. The molecule has 3 aromatic rings. The van der Waals surface area contributed by atoms with Gasteiger partial charge in [-0.15, -0.1) is 0 Å². The number of nitro benzene ring substituents is 1. The van der Waals surface area contributed by atoms with Crippen molar-refractivity contribution in [3.63, 3.8) is 0 Å². The fraction of sp³-hybridized carbons (Fsp3) is 0.0526. The number of benzene rings is 3. The molecule has 0 bridgehead atoms. The Labute approximate surface area is 196 Å². The van der Waals surface area contributed by atoms with Crippen molar-refractivity contribution >= 4 is 54.3 Å². The topological polar surface area (TPSA) is 228 Å². The number of carbonyl (C=O) groups excluding carboxylic acids is 2. The summed E-state index contributed by atoms with van der Waals surface area (Å²) in [4.78, 5) is 33.4. The minimum atomic E-state index is -4.91. The fourth-order valence-corrected chi connectivity index (χ4v) is 4.19. The van der Waals surface area contributed by atoms with Crippen molar-refractivity contribution in [1.29, 1.82) is 0 Å². The number of amides is 1. The first-order valence-corrected chi connectivity index (χ1v) is 11.9. The summed E-state index contributed by atoms with van der Waals surface area (Å²) in [6, 6.07) is 5.55. The van der Waals surface area contributed by atoms with E-state index in [-0.39, 0.29) is 16.3 Å². The summed E-state index contributed by atoms with van der Waals surface area (Å²) < 4.78 is 69.6. The Bertz CT molecular complexity index is 1620. The number of esters is 1. The second kappa shape index (κ2) is 8.91. The third kappa shape index (κ3) is 5.35. The number of ether oxygens (including phenoxy) is 1. The molecule has 0 unspecified atom stereocenters. The van der Waals surface area contributed by atoms with Gasteiger partial charge in [-0.2, -0.15) is 16.8 Å². The number of nitrogens with one attached hydrogen (secondary N) is 1. The lowest BCUT2D eigenvalue weighted by Crippen LogP contribution is -2.15. The molecule has 35 heavy (non-hydrogen) atoms. The van der Waals surface area contributed by atoms with E-state index in [2.05, 4.69) is 10.1 Å². The van der Waals surface area contributed by atoms with Crippen LogP contribution < -0.4 is 5.32 Å². The minimum absolute atomic E-state index is 0.295. The van der Waals surface area contributed by atoms with E-state index in [0.717, 1.165) is 43.5 Å². The second-order valence-electron chi connectivity index (χ2n) is 6.93. The molecule has 0 atom stereocenters. The molecule has 14 nitrogen and oxygen atoms in total. The number of hydrogen-bond donors (Lipinski definition) is 4. The van der Waals surface area contributed by atoms with Crippen LogP contribution in [0, 0.1) is 10.1 Å². The van der Waals surface area contributed by atoms with Crippen molar-refractivity contribution in [2.45, 2.75) is 9.79 Å². The van der Waals surface area contributed by atoms with E-state index in [1.54, 1.807) is 0 Å². The Morgan fingerprint density at radius 1 is 0.914 bits per heavy atom. The first kappa shape index (κ1) is 25.5. The van der Waals surface area contributed by atoms with Crippen molar-refractivity contribution < 1.29 is 50.3 Å². The second-order valence-corrected chi connectivity index (χ2v) is 9.78. The standard InChI is InChI=1S/C19H14N2O12S2/c1-33-19(24)11-2-10(3-12(4-11)21(25)26)18(23)20-15-7-13(34(27,28)29)5-9-6-14(35(30,31)32)8-16(22)17(9)15/h2-8,22H,1H3,(H,20,23)(H,27,28,29)(H,30,31,32). The Morgan fingerprint density at radius 3 is 1.97 bits per heavy atom. The van der Waals surface area contributed by atoms with E-state index >= 15 is 0 Å². The third-order valence-electron chi connectivity index (χ3n) is 4.63. The average Bonchev–Trinajstić information content (AvgIpc) is 2.76. The Balaban J connectivity index is 2.23. The molecule has 0 aliphatic rings. The van der Waals surface area contributed by atoms with Crippen LogP contribution in [0.3, 0.4) is 0 Å². The zero-order valence-electron chi connectivity index (χ0n) is 17.3. The van der Waals surface area contributed by atoms with E-state index in [1.807, 2.05) is 0 Å². The van der Waals surface area contributed by atoms with Gasteiger partial charge in [-0.25, -0.2) is 4.79 Å². The van der Waals surface area contributed by atoms with Crippen molar-refractivity contribution in [3.8, 4) is 5.75 Å². The zero-order chi connectivity index (χ0) is 26.3. The minimum Gasteiger partial charge on any atom is -0.507 e. The highest BCUT2D eigenvalue weighted by Gasteiger charge is 2.23. The van der Waals surface area contributed by atoms with Crippen LogP contribution in [-0.2, 0) is 25.0 Å². The predicted molar refractivity (Wildman–Crippen MR) is 118 cm³/mol. The van der Waals surface area contributed by atoms with E-state index in [0.29, 0.717) is 6.07 Å². The molecule has 3 aromatic carbocycles. The van der Waals surface area contributed by atoms with Crippen LogP contribution in [0.25, 0.3) is 10.8 Å². The zero-order valence-corrected chi connectivity index (χ0v) is 19.0. The molecule has 4 N–H and O–H groups in total.